The first-order valence-electron chi connectivity index (χ1n) is 6.94. The van der Waals surface area contributed by atoms with Gasteiger partial charge in [0.2, 0.25) is 0 Å². The third-order valence-electron chi connectivity index (χ3n) is 3.40. The fourth-order valence-electron chi connectivity index (χ4n) is 2.30. The van der Waals surface area contributed by atoms with Gasteiger partial charge >= 0.3 is 0 Å². The van der Waals surface area contributed by atoms with Gasteiger partial charge in [-0.15, -0.1) is 11.6 Å². The third kappa shape index (κ3) is 5.12. The Labute approximate surface area is 120 Å². The molecule has 0 saturated carbocycles. The molecule has 1 unspecified atom stereocenters. The summed E-state index contributed by atoms with van der Waals surface area (Å²) < 4.78 is 0. The SMILES string of the molecule is CCC1CCCCN1/C=C(/C#N)C(=O)NCCCCl. The predicted octanol–water partition coefficient (Wildman–Crippen LogP) is 2.40. The summed E-state index contributed by atoms with van der Waals surface area (Å²) in [6.07, 6.45) is 6.98. The van der Waals surface area contributed by atoms with E-state index >= 15 is 0 Å². The average molecular weight is 284 g/mol. The summed E-state index contributed by atoms with van der Waals surface area (Å²) in [5.41, 5.74) is 0.190. The van der Waals surface area contributed by atoms with Crippen LogP contribution in [0.3, 0.4) is 0 Å². The van der Waals surface area contributed by atoms with E-state index < -0.39 is 0 Å². The average Bonchev–Trinajstić information content (AvgIpc) is 2.45. The lowest BCUT2D eigenvalue weighted by atomic mass is 10.0. The van der Waals surface area contributed by atoms with Crippen molar-refractivity contribution in [2.24, 2.45) is 0 Å². The zero-order valence-corrected chi connectivity index (χ0v) is 12.2. The van der Waals surface area contributed by atoms with E-state index in [9.17, 15) is 4.79 Å². The number of hydrogen-bond donors (Lipinski definition) is 1. The van der Waals surface area contributed by atoms with Crippen molar-refractivity contribution in [2.75, 3.05) is 19.0 Å². The van der Waals surface area contributed by atoms with Gasteiger partial charge in [-0.3, -0.25) is 4.79 Å². The Bertz CT molecular complexity index is 362. The van der Waals surface area contributed by atoms with E-state index in [-0.39, 0.29) is 11.5 Å². The van der Waals surface area contributed by atoms with Crippen LogP contribution in [0.25, 0.3) is 0 Å². The number of rotatable bonds is 6. The van der Waals surface area contributed by atoms with Crippen molar-refractivity contribution in [3.8, 4) is 6.07 Å². The Morgan fingerprint density at radius 1 is 1.58 bits per heavy atom. The summed E-state index contributed by atoms with van der Waals surface area (Å²) in [6.45, 7) is 3.58. The van der Waals surface area contributed by atoms with Crippen LogP contribution in [0.4, 0.5) is 0 Å². The normalized spacial score (nSPS) is 19.9. The van der Waals surface area contributed by atoms with Crippen LogP contribution < -0.4 is 5.32 Å². The maximum Gasteiger partial charge on any atom is 0.263 e. The van der Waals surface area contributed by atoms with Crippen molar-refractivity contribution in [3.63, 3.8) is 0 Å². The molecular weight excluding hydrogens is 262 g/mol. The highest BCUT2D eigenvalue weighted by molar-refractivity contribution is 6.17. The van der Waals surface area contributed by atoms with Crippen LogP contribution in [-0.4, -0.2) is 35.8 Å². The lowest BCUT2D eigenvalue weighted by Gasteiger charge is -2.34. The van der Waals surface area contributed by atoms with Crippen molar-refractivity contribution < 1.29 is 4.79 Å². The number of hydrogen-bond acceptors (Lipinski definition) is 3. The maximum absolute atomic E-state index is 11.8. The molecule has 0 radical (unpaired) electrons. The van der Waals surface area contributed by atoms with Gasteiger partial charge in [-0.2, -0.15) is 5.26 Å². The molecule has 1 fully saturated rings. The minimum atomic E-state index is -0.298. The number of nitrogens with one attached hydrogen (secondary N) is 1. The molecule has 0 aliphatic carbocycles. The molecule has 1 atom stereocenters. The molecule has 5 heteroatoms. The molecule has 4 nitrogen and oxygen atoms in total. The molecule has 0 aromatic carbocycles. The Hall–Kier alpha value is -1.21. The number of likely N-dealkylation sites (tertiary alicyclic amines) is 1. The van der Waals surface area contributed by atoms with E-state index in [1.54, 1.807) is 6.20 Å². The zero-order chi connectivity index (χ0) is 14.1. The van der Waals surface area contributed by atoms with Crippen LogP contribution in [-0.2, 0) is 4.79 Å². The lowest BCUT2D eigenvalue weighted by molar-refractivity contribution is -0.117. The van der Waals surface area contributed by atoms with Crippen LogP contribution in [0.5, 0.6) is 0 Å². The van der Waals surface area contributed by atoms with Crippen LogP contribution >= 0.6 is 11.6 Å². The number of amides is 1. The number of carbonyl (C=O) groups is 1. The molecule has 1 saturated heterocycles. The molecule has 0 aromatic heterocycles. The first-order valence-corrected chi connectivity index (χ1v) is 7.48. The van der Waals surface area contributed by atoms with Gasteiger partial charge in [-0.1, -0.05) is 6.92 Å². The second-order valence-electron chi connectivity index (χ2n) is 4.75. The largest absolute Gasteiger partial charge is 0.373 e. The third-order valence-corrected chi connectivity index (χ3v) is 3.67. The molecule has 0 bridgehead atoms. The summed E-state index contributed by atoms with van der Waals surface area (Å²) >= 11 is 5.55. The summed E-state index contributed by atoms with van der Waals surface area (Å²) in [7, 11) is 0. The van der Waals surface area contributed by atoms with Crippen LogP contribution in [0, 0.1) is 11.3 Å². The Kier molecular flexibility index (Phi) is 7.35. The number of nitriles is 1. The van der Waals surface area contributed by atoms with Gasteiger partial charge in [0.1, 0.15) is 11.6 Å². The van der Waals surface area contributed by atoms with Crippen LogP contribution in [0.15, 0.2) is 11.8 Å². The predicted molar refractivity (Wildman–Crippen MR) is 76.7 cm³/mol. The van der Waals surface area contributed by atoms with Crippen LogP contribution in [0.2, 0.25) is 0 Å². The van der Waals surface area contributed by atoms with Crippen molar-refractivity contribution in [1.82, 2.24) is 10.2 Å². The first-order chi connectivity index (χ1) is 9.22. The Morgan fingerprint density at radius 3 is 3.00 bits per heavy atom. The van der Waals surface area contributed by atoms with Gasteiger partial charge < -0.3 is 10.2 Å². The van der Waals surface area contributed by atoms with Gasteiger partial charge in [-0.05, 0) is 32.1 Å². The monoisotopic (exact) mass is 283 g/mol. The fourth-order valence-corrected chi connectivity index (χ4v) is 2.43. The number of piperidine rings is 1. The van der Waals surface area contributed by atoms with E-state index in [4.69, 9.17) is 16.9 Å². The van der Waals surface area contributed by atoms with Crippen molar-refractivity contribution in [3.05, 3.63) is 11.8 Å². The van der Waals surface area contributed by atoms with Crippen molar-refractivity contribution >= 4 is 17.5 Å². The van der Waals surface area contributed by atoms with E-state index in [2.05, 4.69) is 17.1 Å². The van der Waals surface area contributed by atoms with E-state index in [0.29, 0.717) is 24.9 Å². The molecule has 19 heavy (non-hydrogen) atoms. The summed E-state index contributed by atoms with van der Waals surface area (Å²) in [5.74, 6) is 0.212. The van der Waals surface area contributed by atoms with Gasteiger partial charge in [-0.25, -0.2) is 0 Å². The van der Waals surface area contributed by atoms with Gasteiger partial charge in [0.15, 0.2) is 0 Å². The van der Waals surface area contributed by atoms with Gasteiger partial charge in [0, 0.05) is 31.2 Å². The summed E-state index contributed by atoms with van der Waals surface area (Å²) in [5, 5.41) is 11.8. The fraction of sp³-hybridized carbons (Fsp3) is 0.714. The molecular formula is C14H22ClN3O. The van der Waals surface area contributed by atoms with Gasteiger partial charge in [0.25, 0.3) is 5.91 Å². The second kappa shape index (κ2) is 8.82. The highest BCUT2D eigenvalue weighted by Crippen LogP contribution is 2.20. The smallest absolute Gasteiger partial charge is 0.263 e. The Morgan fingerprint density at radius 2 is 2.37 bits per heavy atom. The van der Waals surface area contributed by atoms with Crippen molar-refractivity contribution in [1.29, 1.82) is 5.26 Å². The summed E-state index contributed by atoms with van der Waals surface area (Å²) in [4.78, 5) is 14.0. The standard InChI is InChI=1S/C14H22ClN3O/c1-2-13-6-3-4-9-18(13)11-12(10-16)14(19)17-8-5-7-15/h11,13H,2-9H2,1H3,(H,17,19)/b12-11-. The van der Waals surface area contributed by atoms with E-state index in [1.807, 2.05) is 6.07 Å². The molecule has 106 valence electrons. The van der Waals surface area contributed by atoms with E-state index in [0.717, 1.165) is 25.8 Å². The number of halogens is 1. The highest BCUT2D eigenvalue weighted by atomic mass is 35.5. The number of carbonyl (C=O) groups excluding carboxylic acids is 1. The number of nitrogens with zero attached hydrogens (tertiary/aromatic N) is 2. The quantitative estimate of drug-likeness (QED) is 0.352. The summed E-state index contributed by atoms with van der Waals surface area (Å²) in [6, 6.07) is 2.45. The molecule has 1 aliphatic rings. The zero-order valence-electron chi connectivity index (χ0n) is 11.5. The van der Waals surface area contributed by atoms with E-state index in [1.165, 1.54) is 6.42 Å². The molecule has 0 aromatic rings. The molecule has 1 N–H and O–H groups in total. The van der Waals surface area contributed by atoms with Gasteiger partial charge in [0.05, 0.1) is 0 Å². The molecule has 1 aliphatic heterocycles. The second-order valence-corrected chi connectivity index (χ2v) is 5.13. The highest BCUT2D eigenvalue weighted by Gasteiger charge is 2.20. The Balaban J connectivity index is 2.63. The maximum atomic E-state index is 11.8. The minimum absolute atomic E-state index is 0.190. The molecule has 0 spiro atoms. The number of alkyl halides is 1. The molecule has 1 amide bonds. The van der Waals surface area contributed by atoms with Crippen molar-refractivity contribution in [2.45, 2.75) is 45.1 Å². The van der Waals surface area contributed by atoms with Crippen LogP contribution in [0.1, 0.15) is 39.0 Å². The first kappa shape index (κ1) is 15.8. The minimum Gasteiger partial charge on any atom is -0.373 e. The molecule has 1 rings (SSSR count). The topological polar surface area (TPSA) is 56.1 Å². The lowest BCUT2D eigenvalue weighted by Crippen LogP contribution is -2.36. The molecule has 1 heterocycles.